The Morgan fingerprint density at radius 3 is 2.22 bits per heavy atom. The van der Waals surface area contributed by atoms with Crippen LogP contribution in [0.1, 0.15) is 72.6 Å². The van der Waals surface area contributed by atoms with Gasteiger partial charge < -0.3 is 9.84 Å². The van der Waals surface area contributed by atoms with Crippen LogP contribution in [0.3, 0.4) is 0 Å². The summed E-state index contributed by atoms with van der Waals surface area (Å²) in [5.41, 5.74) is 0.0707. The lowest BCUT2D eigenvalue weighted by molar-refractivity contribution is 0.0436. The zero-order valence-electron chi connectivity index (χ0n) is 13.2. The number of benzene rings is 1. The Hall–Kier alpha value is -0.380. The Labute approximate surface area is 164 Å². The Balaban J connectivity index is 2.53. The molecule has 6 heteroatoms. The minimum atomic E-state index is -1.12. The molecule has 0 aliphatic heterocycles. The summed E-state index contributed by atoms with van der Waals surface area (Å²) in [7, 11) is 0. The summed E-state index contributed by atoms with van der Waals surface area (Å²) in [6, 6.07) is 6.13. The Kier molecular flexibility index (Phi) is 9.41. The maximum Gasteiger partial charge on any atom is 0.340 e. The van der Waals surface area contributed by atoms with Gasteiger partial charge in [0.15, 0.2) is 0 Å². The number of rotatable bonds is 10. The van der Waals surface area contributed by atoms with Crippen molar-refractivity contribution in [3.05, 3.63) is 35.4 Å². The average Bonchev–Trinajstić information content (AvgIpc) is 2.50. The zero-order valence-corrected chi connectivity index (χ0v) is 17.5. The number of aromatic carboxylic acids is 1. The second-order valence-electron chi connectivity index (χ2n) is 5.40. The highest BCUT2D eigenvalue weighted by molar-refractivity contribution is 14.2. The summed E-state index contributed by atoms with van der Waals surface area (Å²) in [6.07, 6.45) is 7.80. The number of carbonyl (C=O) groups is 2. The van der Waals surface area contributed by atoms with Crippen LogP contribution in [-0.2, 0) is 4.74 Å². The molecule has 0 radical (unpaired) electrons. The number of ether oxygens (including phenoxy) is 1. The molecule has 1 rings (SSSR count). The molecule has 0 spiro atoms. The first-order valence-electron chi connectivity index (χ1n) is 7.81. The number of carboxylic acids is 1. The van der Waals surface area contributed by atoms with Crippen molar-refractivity contribution >= 4 is 57.1 Å². The summed E-state index contributed by atoms with van der Waals surface area (Å²) in [5.74, 6) is -1.71. The maximum atomic E-state index is 12.3. The summed E-state index contributed by atoms with van der Waals surface area (Å²) < 4.78 is 4.86. The predicted octanol–water partition coefficient (Wildman–Crippen LogP) is 5.82. The second-order valence-corrected chi connectivity index (χ2v) is 10.9. The van der Waals surface area contributed by atoms with Crippen molar-refractivity contribution in [3.63, 3.8) is 0 Å². The van der Waals surface area contributed by atoms with E-state index in [2.05, 4.69) is 52.1 Å². The van der Waals surface area contributed by atoms with Crippen molar-refractivity contribution in [2.75, 3.05) is 0 Å². The van der Waals surface area contributed by atoms with Gasteiger partial charge in [0.1, 0.15) is 0 Å². The van der Waals surface area contributed by atoms with Crippen LogP contribution in [0.5, 0.6) is 0 Å². The van der Waals surface area contributed by atoms with Crippen molar-refractivity contribution in [1.82, 2.24) is 0 Å². The molecule has 4 nitrogen and oxygen atoms in total. The van der Waals surface area contributed by atoms with Crippen LogP contribution in [0, 0.1) is 0 Å². The van der Waals surface area contributed by atoms with Crippen molar-refractivity contribution in [1.29, 1.82) is 0 Å². The van der Waals surface area contributed by atoms with Gasteiger partial charge in [-0.2, -0.15) is 0 Å². The van der Waals surface area contributed by atoms with Gasteiger partial charge in [0, 0.05) is 6.42 Å². The lowest BCUT2D eigenvalue weighted by atomic mass is 10.1. The van der Waals surface area contributed by atoms with Gasteiger partial charge in [-0.1, -0.05) is 51.2 Å². The first-order valence-corrected chi connectivity index (χ1v) is 9.96. The summed E-state index contributed by atoms with van der Waals surface area (Å²) in [4.78, 5) is 23.4. The van der Waals surface area contributed by atoms with E-state index in [0.29, 0.717) is 0 Å². The fourth-order valence-electron chi connectivity index (χ4n) is 2.20. The third-order valence-corrected chi connectivity index (χ3v) is 4.96. The molecule has 0 aliphatic rings. The number of halogens is 2. The van der Waals surface area contributed by atoms with E-state index >= 15 is 0 Å². The van der Waals surface area contributed by atoms with Gasteiger partial charge >= 0.3 is 11.9 Å². The molecule has 1 N–H and O–H groups in total. The van der Waals surface area contributed by atoms with Crippen molar-refractivity contribution in [2.45, 2.75) is 53.5 Å². The molecule has 23 heavy (non-hydrogen) atoms. The highest BCUT2D eigenvalue weighted by atomic mass is 127. The van der Waals surface area contributed by atoms with Gasteiger partial charge in [-0.05, 0) is 63.7 Å². The van der Waals surface area contributed by atoms with Crippen LogP contribution in [0.25, 0.3) is 0 Å². The molecule has 0 unspecified atom stereocenters. The number of alkyl halides is 2. The number of carboxylic acid groups (broad SMARTS) is 1. The van der Waals surface area contributed by atoms with Gasteiger partial charge in [-0.15, -0.1) is 0 Å². The van der Waals surface area contributed by atoms with Crippen LogP contribution in [-0.4, -0.2) is 18.7 Å². The molecule has 1 aromatic rings. The molecule has 0 heterocycles. The maximum absolute atomic E-state index is 12.3. The quantitative estimate of drug-likeness (QED) is 0.175. The highest BCUT2D eigenvalue weighted by Gasteiger charge is 2.29. The van der Waals surface area contributed by atoms with Gasteiger partial charge in [0.05, 0.1) is 11.1 Å². The fourth-order valence-corrected chi connectivity index (χ4v) is 3.36. The molecule has 0 amide bonds. The van der Waals surface area contributed by atoms with Crippen molar-refractivity contribution < 1.29 is 19.4 Å². The molecule has 0 aromatic heterocycles. The topological polar surface area (TPSA) is 63.6 Å². The molecule has 0 fully saturated rings. The standard InChI is InChI=1S/C17H22I2O4/c1-2-3-4-5-6-9-12-17(18,19)23-16(22)14-11-8-7-10-13(14)15(20)21/h7-8,10-11H,2-6,9,12H2,1H3,(H,20,21). The molecule has 1 aromatic carbocycles. The molecular weight excluding hydrogens is 522 g/mol. The predicted molar refractivity (Wildman–Crippen MR) is 108 cm³/mol. The van der Waals surface area contributed by atoms with Gasteiger partial charge in [0.2, 0.25) is 1.61 Å². The number of hydrogen-bond donors (Lipinski definition) is 1. The van der Waals surface area contributed by atoms with Crippen LogP contribution < -0.4 is 0 Å². The van der Waals surface area contributed by atoms with E-state index in [4.69, 9.17) is 9.84 Å². The molecule has 0 aliphatic carbocycles. The van der Waals surface area contributed by atoms with Crippen LogP contribution in [0.4, 0.5) is 0 Å². The van der Waals surface area contributed by atoms with Crippen LogP contribution in [0.2, 0.25) is 0 Å². The SMILES string of the molecule is CCCCCCCCC(I)(I)OC(=O)c1ccccc1C(=O)O. The molecule has 128 valence electrons. The largest absolute Gasteiger partial charge is 0.478 e. The number of esters is 1. The third-order valence-electron chi connectivity index (χ3n) is 3.44. The smallest absolute Gasteiger partial charge is 0.340 e. The molecule has 0 saturated carbocycles. The van der Waals surface area contributed by atoms with E-state index < -0.39 is 13.6 Å². The van der Waals surface area contributed by atoms with Crippen LogP contribution in [0.15, 0.2) is 24.3 Å². The van der Waals surface area contributed by atoms with Gasteiger partial charge in [-0.25, -0.2) is 9.59 Å². The van der Waals surface area contributed by atoms with E-state index in [1.807, 2.05) is 0 Å². The molecule has 0 atom stereocenters. The Morgan fingerprint density at radius 1 is 1.04 bits per heavy atom. The minimum Gasteiger partial charge on any atom is -0.478 e. The van der Waals surface area contributed by atoms with Gasteiger partial charge in [-0.3, -0.25) is 0 Å². The van der Waals surface area contributed by atoms with E-state index in [-0.39, 0.29) is 11.1 Å². The first kappa shape index (κ1) is 20.7. The Morgan fingerprint density at radius 2 is 1.61 bits per heavy atom. The Bertz CT molecular complexity index is 529. The van der Waals surface area contributed by atoms with Gasteiger partial charge in [0.25, 0.3) is 0 Å². The van der Waals surface area contributed by atoms with Crippen molar-refractivity contribution in [2.24, 2.45) is 0 Å². The van der Waals surface area contributed by atoms with Crippen LogP contribution >= 0.6 is 45.2 Å². The minimum absolute atomic E-state index is 0.0272. The number of hydrogen-bond acceptors (Lipinski definition) is 3. The fraction of sp³-hybridized carbons (Fsp3) is 0.529. The monoisotopic (exact) mass is 544 g/mol. The first-order chi connectivity index (χ1) is 10.9. The normalized spacial score (nSPS) is 11.3. The highest BCUT2D eigenvalue weighted by Crippen LogP contribution is 2.36. The van der Waals surface area contributed by atoms with E-state index in [1.165, 1.54) is 37.8 Å². The summed E-state index contributed by atoms with van der Waals surface area (Å²) >= 11 is 4.22. The summed E-state index contributed by atoms with van der Waals surface area (Å²) in [5, 5.41) is 9.15. The molecule has 0 bridgehead atoms. The second kappa shape index (κ2) is 10.5. The zero-order chi connectivity index (χ0) is 17.3. The lowest BCUT2D eigenvalue weighted by Crippen LogP contribution is -2.22. The molecule has 0 saturated heterocycles. The van der Waals surface area contributed by atoms with E-state index in [0.717, 1.165) is 19.3 Å². The average molecular weight is 544 g/mol. The third kappa shape index (κ3) is 7.82. The summed E-state index contributed by atoms with van der Waals surface area (Å²) in [6.45, 7) is 2.19. The lowest BCUT2D eigenvalue weighted by Gasteiger charge is -2.21. The van der Waals surface area contributed by atoms with Crippen molar-refractivity contribution in [3.8, 4) is 0 Å². The van der Waals surface area contributed by atoms with E-state index in [9.17, 15) is 9.59 Å². The molecular formula is C17H22I2O4. The van der Waals surface area contributed by atoms with E-state index in [1.54, 1.807) is 12.1 Å². The number of carbonyl (C=O) groups excluding carboxylic acids is 1. The number of unbranched alkanes of at least 4 members (excludes halogenated alkanes) is 5.